The summed E-state index contributed by atoms with van der Waals surface area (Å²) in [5, 5.41) is 6.33. The molecule has 3 rings (SSSR count). The van der Waals surface area contributed by atoms with Gasteiger partial charge in [-0.2, -0.15) is 0 Å². The molecular weight excluding hydrogens is 290 g/mol. The molecular formula is C18H21N3O2. The molecule has 1 aromatic heterocycles. The van der Waals surface area contributed by atoms with Gasteiger partial charge in [-0.3, -0.25) is 4.79 Å². The molecule has 1 heterocycles. The van der Waals surface area contributed by atoms with E-state index < -0.39 is 0 Å². The first-order valence-electron chi connectivity index (χ1n) is 7.83. The van der Waals surface area contributed by atoms with Crippen molar-refractivity contribution in [2.24, 2.45) is 0 Å². The summed E-state index contributed by atoms with van der Waals surface area (Å²) in [5.41, 5.74) is 1.61. The van der Waals surface area contributed by atoms with Crippen molar-refractivity contribution in [2.75, 3.05) is 12.4 Å². The Balaban J connectivity index is 1.70. The van der Waals surface area contributed by atoms with Crippen LogP contribution in [0.3, 0.4) is 0 Å². The summed E-state index contributed by atoms with van der Waals surface area (Å²) >= 11 is 0. The van der Waals surface area contributed by atoms with Crippen molar-refractivity contribution in [2.45, 2.75) is 31.8 Å². The summed E-state index contributed by atoms with van der Waals surface area (Å²) in [6.07, 6.45) is 3.98. The number of rotatable bonds is 6. The molecule has 1 aliphatic rings. The number of anilines is 1. The molecule has 1 fully saturated rings. The number of hydrogen-bond acceptors (Lipinski definition) is 4. The highest BCUT2D eigenvalue weighted by atomic mass is 16.5. The number of nitrogens with one attached hydrogen (secondary N) is 2. The molecule has 1 aromatic carbocycles. The maximum absolute atomic E-state index is 12.6. The molecule has 0 radical (unpaired) electrons. The molecule has 0 bridgehead atoms. The molecule has 0 spiro atoms. The standard InChI is InChI=1S/C18H21N3O2/c1-12(13-5-9-15(23-2)10-6-13)20-18(22)16-4-3-11-19-17(16)21-14-7-8-14/h3-6,9-12,14H,7-8H2,1-2H3,(H,19,21)(H,20,22). The van der Waals surface area contributed by atoms with Crippen LogP contribution in [0.15, 0.2) is 42.6 Å². The molecule has 5 heteroatoms. The number of aromatic nitrogens is 1. The number of hydrogen-bond donors (Lipinski definition) is 2. The van der Waals surface area contributed by atoms with Gasteiger partial charge in [0.2, 0.25) is 0 Å². The minimum Gasteiger partial charge on any atom is -0.497 e. The van der Waals surface area contributed by atoms with E-state index in [1.54, 1.807) is 25.4 Å². The fourth-order valence-electron chi connectivity index (χ4n) is 2.37. The zero-order valence-electron chi connectivity index (χ0n) is 13.4. The van der Waals surface area contributed by atoms with E-state index in [0.29, 0.717) is 17.4 Å². The maximum Gasteiger partial charge on any atom is 0.255 e. The number of carbonyl (C=O) groups excluding carboxylic acids is 1. The number of benzene rings is 1. The number of amides is 1. The van der Waals surface area contributed by atoms with E-state index in [1.165, 1.54) is 0 Å². The van der Waals surface area contributed by atoms with E-state index in [1.807, 2.05) is 31.2 Å². The zero-order valence-corrected chi connectivity index (χ0v) is 13.4. The lowest BCUT2D eigenvalue weighted by Crippen LogP contribution is -2.27. The van der Waals surface area contributed by atoms with Gasteiger partial charge in [0, 0.05) is 12.2 Å². The van der Waals surface area contributed by atoms with Crippen LogP contribution >= 0.6 is 0 Å². The second-order valence-corrected chi connectivity index (χ2v) is 5.79. The van der Waals surface area contributed by atoms with E-state index in [9.17, 15) is 4.79 Å². The summed E-state index contributed by atoms with van der Waals surface area (Å²) in [5.74, 6) is 1.34. The predicted octanol–water partition coefficient (Wildman–Crippen LogP) is 3.16. The molecule has 1 amide bonds. The SMILES string of the molecule is COc1ccc(C(C)NC(=O)c2cccnc2NC2CC2)cc1. The van der Waals surface area contributed by atoms with Gasteiger partial charge < -0.3 is 15.4 Å². The second-order valence-electron chi connectivity index (χ2n) is 5.79. The lowest BCUT2D eigenvalue weighted by molar-refractivity contribution is 0.0940. The van der Waals surface area contributed by atoms with Crippen molar-refractivity contribution in [3.05, 3.63) is 53.7 Å². The lowest BCUT2D eigenvalue weighted by Gasteiger charge is -2.16. The molecule has 120 valence electrons. The lowest BCUT2D eigenvalue weighted by atomic mass is 10.1. The Morgan fingerprint density at radius 1 is 1.26 bits per heavy atom. The molecule has 1 unspecified atom stereocenters. The Labute approximate surface area is 136 Å². The second kappa shape index (κ2) is 6.69. The Kier molecular flexibility index (Phi) is 4.46. The summed E-state index contributed by atoms with van der Waals surface area (Å²) in [6.45, 7) is 1.96. The monoisotopic (exact) mass is 311 g/mol. The zero-order chi connectivity index (χ0) is 16.2. The van der Waals surface area contributed by atoms with Gasteiger partial charge in [-0.25, -0.2) is 4.98 Å². The molecule has 1 aliphatic carbocycles. The fraction of sp³-hybridized carbons (Fsp3) is 0.333. The number of ether oxygens (including phenoxy) is 1. The Bertz CT molecular complexity index is 681. The number of nitrogens with zero attached hydrogens (tertiary/aromatic N) is 1. The minimum absolute atomic E-state index is 0.0950. The minimum atomic E-state index is -0.121. The first kappa shape index (κ1) is 15.3. The summed E-state index contributed by atoms with van der Waals surface area (Å²) < 4.78 is 5.15. The third-order valence-electron chi connectivity index (χ3n) is 3.93. The van der Waals surface area contributed by atoms with Crippen molar-refractivity contribution in [1.29, 1.82) is 0 Å². The molecule has 23 heavy (non-hydrogen) atoms. The van der Waals surface area contributed by atoms with Crippen LogP contribution in [0.5, 0.6) is 5.75 Å². The molecule has 1 atom stereocenters. The van der Waals surface area contributed by atoms with Gasteiger partial charge in [0.15, 0.2) is 0 Å². The number of carbonyl (C=O) groups is 1. The van der Waals surface area contributed by atoms with Gasteiger partial charge in [-0.1, -0.05) is 12.1 Å². The van der Waals surface area contributed by atoms with Gasteiger partial charge in [-0.05, 0) is 49.6 Å². The molecule has 0 saturated heterocycles. The van der Waals surface area contributed by atoms with Gasteiger partial charge in [-0.15, -0.1) is 0 Å². The van der Waals surface area contributed by atoms with Crippen molar-refractivity contribution < 1.29 is 9.53 Å². The summed E-state index contributed by atoms with van der Waals surface area (Å²) in [7, 11) is 1.64. The van der Waals surface area contributed by atoms with Crippen LogP contribution in [0.4, 0.5) is 5.82 Å². The first-order chi connectivity index (χ1) is 11.2. The van der Waals surface area contributed by atoms with Crippen LogP contribution in [0.1, 0.15) is 41.7 Å². The average Bonchev–Trinajstić information content (AvgIpc) is 3.39. The number of methoxy groups -OCH3 is 1. The summed E-state index contributed by atoms with van der Waals surface area (Å²) in [6, 6.07) is 11.6. The fourth-order valence-corrected chi connectivity index (χ4v) is 2.37. The molecule has 5 nitrogen and oxygen atoms in total. The highest BCUT2D eigenvalue weighted by Gasteiger charge is 2.24. The summed E-state index contributed by atoms with van der Waals surface area (Å²) in [4.78, 5) is 16.9. The van der Waals surface area contributed by atoms with Crippen molar-refractivity contribution in [3.63, 3.8) is 0 Å². The van der Waals surface area contributed by atoms with Crippen LogP contribution in [0.2, 0.25) is 0 Å². The molecule has 2 aromatic rings. The van der Waals surface area contributed by atoms with Crippen LogP contribution in [0.25, 0.3) is 0 Å². The predicted molar refractivity (Wildman–Crippen MR) is 89.8 cm³/mol. The largest absolute Gasteiger partial charge is 0.497 e. The topological polar surface area (TPSA) is 63.2 Å². The van der Waals surface area contributed by atoms with Gasteiger partial charge in [0.05, 0.1) is 18.7 Å². The Morgan fingerprint density at radius 2 is 2.00 bits per heavy atom. The Morgan fingerprint density at radius 3 is 2.65 bits per heavy atom. The van der Waals surface area contributed by atoms with Crippen molar-refractivity contribution in [1.82, 2.24) is 10.3 Å². The average molecular weight is 311 g/mol. The van der Waals surface area contributed by atoms with Gasteiger partial charge >= 0.3 is 0 Å². The van der Waals surface area contributed by atoms with E-state index in [-0.39, 0.29) is 11.9 Å². The smallest absolute Gasteiger partial charge is 0.255 e. The normalized spacial score (nSPS) is 14.9. The quantitative estimate of drug-likeness (QED) is 0.860. The molecule has 0 aliphatic heterocycles. The maximum atomic E-state index is 12.6. The van der Waals surface area contributed by atoms with E-state index >= 15 is 0 Å². The van der Waals surface area contributed by atoms with Crippen LogP contribution in [-0.4, -0.2) is 24.0 Å². The van der Waals surface area contributed by atoms with E-state index in [0.717, 1.165) is 24.2 Å². The third-order valence-corrected chi connectivity index (χ3v) is 3.93. The van der Waals surface area contributed by atoms with Crippen molar-refractivity contribution in [3.8, 4) is 5.75 Å². The van der Waals surface area contributed by atoms with E-state index in [4.69, 9.17) is 4.74 Å². The highest BCUT2D eigenvalue weighted by Crippen LogP contribution is 2.25. The van der Waals surface area contributed by atoms with Crippen molar-refractivity contribution >= 4 is 11.7 Å². The molecule has 1 saturated carbocycles. The Hall–Kier alpha value is -2.56. The van der Waals surface area contributed by atoms with Crippen LogP contribution in [-0.2, 0) is 0 Å². The van der Waals surface area contributed by atoms with Gasteiger partial charge in [0.25, 0.3) is 5.91 Å². The number of pyridine rings is 1. The third kappa shape index (κ3) is 3.80. The molecule has 2 N–H and O–H groups in total. The van der Waals surface area contributed by atoms with Crippen LogP contribution < -0.4 is 15.4 Å². The van der Waals surface area contributed by atoms with Gasteiger partial charge in [0.1, 0.15) is 11.6 Å². The van der Waals surface area contributed by atoms with E-state index in [2.05, 4.69) is 15.6 Å². The van der Waals surface area contributed by atoms with Crippen LogP contribution in [0, 0.1) is 0 Å². The highest BCUT2D eigenvalue weighted by molar-refractivity contribution is 5.99. The first-order valence-corrected chi connectivity index (χ1v) is 7.83.